The van der Waals surface area contributed by atoms with Crippen molar-refractivity contribution in [3.8, 4) is 44.9 Å². The summed E-state index contributed by atoms with van der Waals surface area (Å²) in [5.74, 6) is 0. The minimum Gasteiger partial charge on any atom is -0.310 e. The molecule has 0 N–H and O–H groups in total. The summed E-state index contributed by atoms with van der Waals surface area (Å²) in [4.78, 5) is 18.6. The van der Waals surface area contributed by atoms with Crippen LogP contribution in [-0.2, 0) is 5.41 Å². The third-order valence-corrected chi connectivity index (χ3v) is 14.0. The molecule has 9 aromatic carbocycles. The zero-order valence-electron chi connectivity index (χ0n) is 35.7. The van der Waals surface area contributed by atoms with Crippen LogP contribution >= 0.6 is 0 Å². The van der Waals surface area contributed by atoms with Gasteiger partial charge in [-0.15, -0.1) is 0 Å². The Hall–Kier alpha value is -8.73. The van der Waals surface area contributed by atoms with Crippen molar-refractivity contribution in [1.29, 1.82) is 0 Å². The van der Waals surface area contributed by atoms with Crippen molar-refractivity contribution in [1.82, 2.24) is 15.0 Å². The normalized spacial score (nSPS) is 13.2. The van der Waals surface area contributed by atoms with Crippen LogP contribution in [0, 0.1) is 0 Å². The van der Waals surface area contributed by atoms with Gasteiger partial charge < -0.3 is 4.90 Å². The van der Waals surface area contributed by atoms with E-state index in [2.05, 4.69) is 229 Å². The van der Waals surface area contributed by atoms with Crippen molar-refractivity contribution in [3.63, 3.8) is 0 Å². The molecule has 0 atom stereocenters. The number of pyridine rings is 3. The highest BCUT2D eigenvalue weighted by atomic mass is 15.2. The fraction of sp³-hybridized carbons (Fsp3) is 0.0161. The molecule has 0 unspecified atom stereocenters. The molecule has 14 rings (SSSR count). The van der Waals surface area contributed by atoms with E-state index in [0.717, 1.165) is 83.2 Å². The summed E-state index contributed by atoms with van der Waals surface area (Å²) in [6.07, 6.45) is 0. The zero-order chi connectivity index (χ0) is 43.3. The molecule has 0 fully saturated rings. The highest BCUT2D eigenvalue weighted by Crippen LogP contribution is 2.64. The quantitative estimate of drug-likeness (QED) is 0.166. The number of benzene rings is 9. The number of hydrogen-bond acceptors (Lipinski definition) is 4. The summed E-state index contributed by atoms with van der Waals surface area (Å²) in [6, 6.07) is 83.3. The molecule has 1 aliphatic heterocycles. The van der Waals surface area contributed by atoms with Gasteiger partial charge in [0.25, 0.3) is 0 Å². The molecule has 4 nitrogen and oxygen atoms in total. The zero-order valence-corrected chi connectivity index (χ0v) is 35.7. The Morgan fingerprint density at radius 3 is 1.62 bits per heavy atom. The van der Waals surface area contributed by atoms with E-state index < -0.39 is 5.41 Å². The lowest BCUT2D eigenvalue weighted by atomic mass is 9.64. The Kier molecular flexibility index (Phi) is 7.87. The molecule has 3 aromatic heterocycles. The summed E-state index contributed by atoms with van der Waals surface area (Å²) in [5.41, 5.74) is 19.2. The van der Waals surface area contributed by atoms with E-state index in [9.17, 15) is 0 Å². The molecule has 0 bridgehead atoms. The molecule has 306 valence electrons. The maximum atomic E-state index is 5.54. The minimum atomic E-state index is -0.564. The molecule has 0 saturated heterocycles. The van der Waals surface area contributed by atoms with Crippen molar-refractivity contribution < 1.29 is 0 Å². The highest BCUT2D eigenvalue weighted by molar-refractivity contribution is 6.14. The van der Waals surface area contributed by atoms with Crippen molar-refractivity contribution in [3.05, 3.63) is 253 Å². The van der Waals surface area contributed by atoms with Crippen molar-refractivity contribution in [2.24, 2.45) is 0 Å². The van der Waals surface area contributed by atoms with Gasteiger partial charge >= 0.3 is 0 Å². The number of fused-ring (bicyclic) bond motifs is 15. The lowest BCUT2D eigenvalue weighted by Gasteiger charge is -2.45. The number of hydrogen-bond donors (Lipinski definition) is 0. The molecule has 66 heavy (non-hydrogen) atoms. The first kappa shape index (κ1) is 36.7. The standard InChI is InChI=1S/C62H38N4/c1-3-16-39(17-4-1)54-34-32-40-30-31-41-33-35-55(64-61(41)60(40)63-54)42-18-15-19-43(36-42)59-49-38-58-53(37-48(49)47-24-9-13-28-56(47)65-59)62(50-25-10-7-22-45(50)46-23-8-11-26-51(46)62)52-27-12-14-29-57(52)66(58)44-20-5-2-6-21-44/h1-38H. The second-order valence-corrected chi connectivity index (χ2v) is 17.5. The Morgan fingerprint density at radius 2 is 0.894 bits per heavy atom. The first-order valence-corrected chi connectivity index (χ1v) is 22.6. The molecule has 0 amide bonds. The van der Waals surface area contributed by atoms with E-state index in [0.29, 0.717) is 0 Å². The molecule has 2 aliphatic rings. The van der Waals surface area contributed by atoms with Gasteiger partial charge in [0.05, 0.1) is 50.4 Å². The molecular formula is C62H38N4. The van der Waals surface area contributed by atoms with Gasteiger partial charge in [0, 0.05) is 43.9 Å². The highest BCUT2D eigenvalue weighted by Gasteiger charge is 2.51. The molecule has 12 aromatic rings. The van der Waals surface area contributed by atoms with Crippen LogP contribution in [0.5, 0.6) is 0 Å². The Morgan fingerprint density at radius 1 is 0.333 bits per heavy atom. The average Bonchev–Trinajstić information content (AvgIpc) is 3.69. The SMILES string of the molecule is c1ccc(-c2ccc3ccc4ccc(-c5cccc(-c6nc7ccccc7c7cc8c(cc67)N(c6ccccc6)c6ccccc6C86c7ccccc7-c7ccccc76)c5)nc4c3n2)cc1. The van der Waals surface area contributed by atoms with Gasteiger partial charge in [0.2, 0.25) is 0 Å². The van der Waals surface area contributed by atoms with Crippen LogP contribution in [0.25, 0.3) is 88.4 Å². The number of rotatable bonds is 4. The molecule has 0 radical (unpaired) electrons. The van der Waals surface area contributed by atoms with Gasteiger partial charge in [-0.05, 0) is 93.4 Å². The lowest BCUT2D eigenvalue weighted by Crippen LogP contribution is -2.36. The van der Waals surface area contributed by atoms with Gasteiger partial charge in [-0.25, -0.2) is 15.0 Å². The number of nitrogens with zero attached hydrogens (tertiary/aromatic N) is 4. The second kappa shape index (κ2) is 14.1. The van der Waals surface area contributed by atoms with Crippen molar-refractivity contribution >= 4 is 60.5 Å². The van der Waals surface area contributed by atoms with Gasteiger partial charge in [0.15, 0.2) is 0 Å². The number of aromatic nitrogens is 3. The van der Waals surface area contributed by atoms with Crippen LogP contribution in [0.4, 0.5) is 17.1 Å². The predicted molar refractivity (Wildman–Crippen MR) is 272 cm³/mol. The summed E-state index contributed by atoms with van der Waals surface area (Å²) in [6.45, 7) is 0. The van der Waals surface area contributed by atoms with Crippen molar-refractivity contribution in [2.75, 3.05) is 4.90 Å². The van der Waals surface area contributed by atoms with Crippen LogP contribution < -0.4 is 4.90 Å². The first-order chi connectivity index (χ1) is 32.7. The van der Waals surface area contributed by atoms with E-state index in [1.165, 1.54) is 44.5 Å². The summed E-state index contributed by atoms with van der Waals surface area (Å²) >= 11 is 0. The second-order valence-electron chi connectivity index (χ2n) is 17.5. The summed E-state index contributed by atoms with van der Waals surface area (Å²) < 4.78 is 0. The number of anilines is 3. The van der Waals surface area contributed by atoms with Crippen LogP contribution in [-0.4, -0.2) is 15.0 Å². The first-order valence-electron chi connectivity index (χ1n) is 22.6. The monoisotopic (exact) mass is 838 g/mol. The van der Waals surface area contributed by atoms with E-state index in [1.807, 2.05) is 6.07 Å². The van der Waals surface area contributed by atoms with E-state index >= 15 is 0 Å². The lowest BCUT2D eigenvalue weighted by molar-refractivity contribution is 0.754. The number of para-hydroxylation sites is 3. The van der Waals surface area contributed by atoms with Crippen LogP contribution in [0.15, 0.2) is 231 Å². The van der Waals surface area contributed by atoms with Gasteiger partial charge in [-0.3, -0.25) is 0 Å². The van der Waals surface area contributed by atoms with Crippen LogP contribution in [0.2, 0.25) is 0 Å². The van der Waals surface area contributed by atoms with Gasteiger partial charge in [0.1, 0.15) is 0 Å². The molecule has 1 aliphatic carbocycles. The fourth-order valence-corrected chi connectivity index (χ4v) is 11.1. The van der Waals surface area contributed by atoms with Gasteiger partial charge in [-0.1, -0.05) is 176 Å². The molecule has 4 heterocycles. The Labute approximate surface area is 381 Å². The van der Waals surface area contributed by atoms with Crippen LogP contribution in [0.1, 0.15) is 22.3 Å². The topological polar surface area (TPSA) is 41.9 Å². The van der Waals surface area contributed by atoms with Gasteiger partial charge in [-0.2, -0.15) is 0 Å². The third kappa shape index (κ3) is 5.24. The maximum Gasteiger partial charge on any atom is 0.0972 e. The molecular weight excluding hydrogens is 801 g/mol. The Bertz CT molecular complexity index is 3910. The fourth-order valence-electron chi connectivity index (χ4n) is 11.1. The van der Waals surface area contributed by atoms with E-state index in [-0.39, 0.29) is 0 Å². The van der Waals surface area contributed by atoms with Crippen molar-refractivity contribution in [2.45, 2.75) is 5.41 Å². The maximum absolute atomic E-state index is 5.54. The third-order valence-electron chi connectivity index (χ3n) is 14.0. The summed E-state index contributed by atoms with van der Waals surface area (Å²) in [7, 11) is 0. The van der Waals surface area contributed by atoms with Crippen LogP contribution in [0.3, 0.4) is 0 Å². The molecule has 1 spiro atoms. The Balaban J connectivity index is 1.02. The largest absolute Gasteiger partial charge is 0.310 e. The predicted octanol–water partition coefficient (Wildman–Crippen LogP) is 15.6. The summed E-state index contributed by atoms with van der Waals surface area (Å²) in [5, 5.41) is 5.51. The van der Waals surface area contributed by atoms with E-state index in [4.69, 9.17) is 15.0 Å². The van der Waals surface area contributed by atoms with E-state index in [1.54, 1.807) is 0 Å². The average molecular weight is 839 g/mol. The smallest absolute Gasteiger partial charge is 0.0972 e. The molecule has 4 heteroatoms. The molecule has 0 saturated carbocycles. The minimum absolute atomic E-state index is 0.564.